The Morgan fingerprint density at radius 1 is 1.19 bits per heavy atom. The van der Waals surface area contributed by atoms with Crippen LogP contribution in [-0.4, -0.2) is 42.7 Å². The number of hydrogen-bond acceptors (Lipinski definition) is 6. The summed E-state index contributed by atoms with van der Waals surface area (Å²) in [5, 5.41) is 7.12. The first-order valence-corrected chi connectivity index (χ1v) is 11.9. The zero-order valence-corrected chi connectivity index (χ0v) is 19.4. The van der Waals surface area contributed by atoms with Crippen LogP contribution in [0.1, 0.15) is 46.3 Å². The minimum atomic E-state index is -0.0612. The summed E-state index contributed by atoms with van der Waals surface area (Å²) in [6, 6.07) is 17.9. The third-order valence-electron chi connectivity index (χ3n) is 5.69. The van der Waals surface area contributed by atoms with E-state index in [1.165, 1.54) is 12.8 Å². The first-order valence-electron chi connectivity index (χ1n) is 10.9. The number of hydrogen-bond donors (Lipinski definition) is 1. The van der Waals surface area contributed by atoms with Gasteiger partial charge in [-0.15, -0.1) is 11.8 Å². The second-order valence-electron chi connectivity index (χ2n) is 7.96. The number of carbonyl (C=O) groups excluding carboxylic acids is 1. The molecule has 1 amide bonds. The number of aryl methyl sites for hydroxylation is 1. The molecule has 1 unspecified atom stereocenters. The average molecular weight is 452 g/mol. The smallest absolute Gasteiger partial charge is 0.252 e. The lowest BCUT2D eigenvalue weighted by atomic mass is 10.0. The third kappa shape index (κ3) is 5.53. The number of ether oxygens (including phenoxy) is 1. The number of carbonyl (C=O) groups is 1. The molecule has 1 atom stereocenters. The molecule has 1 saturated heterocycles. The summed E-state index contributed by atoms with van der Waals surface area (Å²) in [5.74, 6) is 2.21. The summed E-state index contributed by atoms with van der Waals surface area (Å²) in [4.78, 5) is 16.5. The summed E-state index contributed by atoms with van der Waals surface area (Å²) in [5.41, 5.74) is 2.70. The Bertz CT molecular complexity index is 1050. The summed E-state index contributed by atoms with van der Waals surface area (Å²) in [6.07, 6.45) is 2.38. The predicted molar refractivity (Wildman–Crippen MR) is 126 cm³/mol. The molecule has 1 aromatic heterocycles. The molecule has 0 spiro atoms. The Morgan fingerprint density at radius 3 is 2.75 bits per heavy atom. The Morgan fingerprint density at radius 2 is 2.00 bits per heavy atom. The largest absolute Gasteiger partial charge is 0.497 e. The lowest BCUT2D eigenvalue weighted by Gasteiger charge is -2.28. The van der Waals surface area contributed by atoms with Crippen LogP contribution in [0, 0.1) is 6.92 Å². The molecule has 0 radical (unpaired) electrons. The van der Waals surface area contributed by atoms with Crippen LogP contribution in [0.5, 0.6) is 5.75 Å². The highest BCUT2D eigenvalue weighted by molar-refractivity contribution is 7.98. The molecule has 32 heavy (non-hydrogen) atoms. The van der Waals surface area contributed by atoms with Crippen molar-refractivity contribution < 1.29 is 14.1 Å². The topological polar surface area (TPSA) is 67.6 Å². The fraction of sp³-hybridized carbons (Fsp3) is 0.360. The Balaban J connectivity index is 1.46. The molecule has 0 aliphatic carbocycles. The van der Waals surface area contributed by atoms with Crippen molar-refractivity contribution in [3.05, 3.63) is 77.2 Å². The van der Waals surface area contributed by atoms with Crippen LogP contribution in [0.2, 0.25) is 0 Å². The van der Waals surface area contributed by atoms with E-state index in [0.29, 0.717) is 17.9 Å². The van der Waals surface area contributed by atoms with Crippen molar-refractivity contribution in [1.82, 2.24) is 15.4 Å². The number of benzene rings is 2. The SMILES string of the molecule is COc1cccc(C(CNC(=O)c2ccccc2SCc2cc(C)no2)N2CCCC2)c1. The van der Waals surface area contributed by atoms with Crippen LogP contribution in [-0.2, 0) is 5.75 Å². The zero-order chi connectivity index (χ0) is 22.3. The summed E-state index contributed by atoms with van der Waals surface area (Å²) >= 11 is 1.58. The van der Waals surface area contributed by atoms with Gasteiger partial charge < -0.3 is 14.6 Å². The normalized spacial score (nSPS) is 14.9. The van der Waals surface area contributed by atoms with Crippen LogP contribution in [0.4, 0.5) is 0 Å². The van der Waals surface area contributed by atoms with E-state index < -0.39 is 0 Å². The van der Waals surface area contributed by atoms with Gasteiger partial charge in [0.1, 0.15) is 11.5 Å². The highest BCUT2D eigenvalue weighted by Gasteiger charge is 2.25. The van der Waals surface area contributed by atoms with Gasteiger partial charge in [0.2, 0.25) is 0 Å². The number of likely N-dealkylation sites (tertiary alicyclic amines) is 1. The molecule has 1 aliphatic heterocycles. The molecule has 1 fully saturated rings. The van der Waals surface area contributed by atoms with E-state index in [2.05, 4.69) is 27.5 Å². The van der Waals surface area contributed by atoms with Gasteiger partial charge >= 0.3 is 0 Å². The molecule has 7 heteroatoms. The van der Waals surface area contributed by atoms with Crippen LogP contribution >= 0.6 is 11.8 Å². The maximum absolute atomic E-state index is 13.2. The van der Waals surface area contributed by atoms with E-state index in [-0.39, 0.29) is 11.9 Å². The van der Waals surface area contributed by atoms with Crippen molar-refractivity contribution in [2.45, 2.75) is 36.5 Å². The van der Waals surface area contributed by atoms with Crippen LogP contribution in [0.25, 0.3) is 0 Å². The predicted octanol–water partition coefficient (Wildman–Crippen LogP) is 4.85. The number of amides is 1. The van der Waals surface area contributed by atoms with Gasteiger partial charge in [-0.2, -0.15) is 0 Å². The monoisotopic (exact) mass is 451 g/mol. The fourth-order valence-corrected chi connectivity index (χ4v) is 4.98. The van der Waals surface area contributed by atoms with Gasteiger partial charge in [-0.3, -0.25) is 9.69 Å². The number of rotatable bonds is 9. The van der Waals surface area contributed by atoms with Crippen molar-refractivity contribution >= 4 is 17.7 Å². The number of aromatic nitrogens is 1. The Hall–Kier alpha value is -2.77. The van der Waals surface area contributed by atoms with E-state index in [1.54, 1.807) is 18.9 Å². The molecule has 4 rings (SSSR count). The minimum Gasteiger partial charge on any atom is -0.497 e. The lowest BCUT2D eigenvalue weighted by Crippen LogP contribution is -2.37. The van der Waals surface area contributed by atoms with Gasteiger partial charge in [0.05, 0.1) is 30.2 Å². The zero-order valence-electron chi connectivity index (χ0n) is 18.5. The molecule has 168 valence electrons. The second kappa shape index (κ2) is 10.7. The number of nitrogens with one attached hydrogen (secondary N) is 1. The summed E-state index contributed by atoms with van der Waals surface area (Å²) in [6.45, 7) is 4.53. The van der Waals surface area contributed by atoms with E-state index in [1.807, 2.05) is 49.4 Å². The first kappa shape index (κ1) is 22.4. The van der Waals surface area contributed by atoms with Crippen molar-refractivity contribution in [2.75, 3.05) is 26.7 Å². The number of thioether (sulfide) groups is 1. The number of methoxy groups -OCH3 is 1. The first-order chi connectivity index (χ1) is 15.6. The van der Waals surface area contributed by atoms with Crippen molar-refractivity contribution in [2.24, 2.45) is 0 Å². The molecule has 1 aliphatic rings. The standard InChI is InChI=1S/C25H29N3O3S/c1-18-14-21(31-27-18)17-32-24-11-4-3-10-22(24)25(29)26-16-23(28-12-5-6-13-28)19-8-7-9-20(15-19)30-2/h3-4,7-11,14-15,23H,5-6,12-13,16-17H2,1-2H3,(H,26,29). The molecule has 1 N–H and O–H groups in total. The van der Waals surface area contributed by atoms with Gasteiger partial charge in [0.15, 0.2) is 0 Å². The quantitative estimate of drug-likeness (QED) is 0.469. The maximum Gasteiger partial charge on any atom is 0.252 e. The minimum absolute atomic E-state index is 0.0612. The van der Waals surface area contributed by atoms with Gasteiger partial charge in [0, 0.05) is 17.5 Å². The van der Waals surface area contributed by atoms with Crippen LogP contribution in [0.15, 0.2) is 64.0 Å². The maximum atomic E-state index is 13.2. The van der Waals surface area contributed by atoms with E-state index in [9.17, 15) is 4.79 Å². The van der Waals surface area contributed by atoms with E-state index >= 15 is 0 Å². The second-order valence-corrected chi connectivity index (χ2v) is 8.98. The van der Waals surface area contributed by atoms with E-state index in [0.717, 1.165) is 40.8 Å². The van der Waals surface area contributed by atoms with E-state index in [4.69, 9.17) is 9.26 Å². The third-order valence-corrected chi connectivity index (χ3v) is 6.79. The molecule has 0 saturated carbocycles. The van der Waals surface area contributed by atoms with Gasteiger partial charge in [-0.1, -0.05) is 29.4 Å². The van der Waals surface area contributed by atoms with Crippen LogP contribution < -0.4 is 10.1 Å². The summed E-state index contributed by atoms with van der Waals surface area (Å²) < 4.78 is 10.7. The molecule has 6 nitrogen and oxygen atoms in total. The van der Waals surface area contributed by atoms with Crippen molar-refractivity contribution in [3.8, 4) is 5.75 Å². The molecular weight excluding hydrogens is 422 g/mol. The molecule has 3 aromatic rings. The molecule has 2 heterocycles. The average Bonchev–Trinajstić information content (AvgIpc) is 3.50. The fourth-order valence-electron chi connectivity index (χ4n) is 4.06. The van der Waals surface area contributed by atoms with Gasteiger partial charge in [-0.25, -0.2) is 0 Å². The molecule has 0 bridgehead atoms. The van der Waals surface area contributed by atoms with Crippen molar-refractivity contribution in [1.29, 1.82) is 0 Å². The Kier molecular flexibility index (Phi) is 7.50. The molecular formula is C25H29N3O3S. The van der Waals surface area contributed by atoms with Crippen LogP contribution in [0.3, 0.4) is 0 Å². The van der Waals surface area contributed by atoms with Gasteiger partial charge in [0.25, 0.3) is 5.91 Å². The Labute approximate surface area is 193 Å². The van der Waals surface area contributed by atoms with Crippen molar-refractivity contribution in [3.63, 3.8) is 0 Å². The van der Waals surface area contributed by atoms with Gasteiger partial charge in [-0.05, 0) is 62.7 Å². The summed E-state index contributed by atoms with van der Waals surface area (Å²) in [7, 11) is 1.68. The lowest BCUT2D eigenvalue weighted by molar-refractivity contribution is 0.0935. The highest BCUT2D eigenvalue weighted by atomic mass is 32.2. The molecule has 2 aromatic carbocycles. The highest BCUT2D eigenvalue weighted by Crippen LogP contribution is 2.29. The number of nitrogens with zero attached hydrogens (tertiary/aromatic N) is 2.